The van der Waals surface area contributed by atoms with Crippen LogP contribution in [0.1, 0.15) is 28.8 Å². The molecular formula is C18H20N2OS. The molecule has 3 rings (SSSR count). The molecule has 1 aromatic carbocycles. The van der Waals surface area contributed by atoms with Crippen LogP contribution in [0.25, 0.3) is 0 Å². The van der Waals surface area contributed by atoms with Gasteiger partial charge in [-0.1, -0.05) is 24.3 Å². The normalized spacial score (nSPS) is 17.7. The lowest BCUT2D eigenvalue weighted by molar-refractivity contribution is 0.0682. The monoisotopic (exact) mass is 312 g/mol. The van der Waals surface area contributed by atoms with Gasteiger partial charge in [0.05, 0.1) is 17.7 Å². The molecular weight excluding hydrogens is 292 g/mol. The highest BCUT2D eigenvalue weighted by Crippen LogP contribution is 2.20. The van der Waals surface area contributed by atoms with E-state index in [1.807, 2.05) is 18.2 Å². The molecule has 1 atom stereocenters. The maximum Gasteiger partial charge on any atom is 0.0995 e. The SMILES string of the molecule is N#Cc1ccccc1CN(Cc1cccs1)CC1CCCO1. The van der Waals surface area contributed by atoms with Gasteiger partial charge in [0, 0.05) is 31.1 Å². The summed E-state index contributed by atoms with van der Waals surface area (Å²) in [6.07, 6.45) is 2.63. The predicted molar refractivity (Wildman–Crippen MR) is 88.6 cm³/mol. The van der Waals surface area contributed by atoms with Crippen LogP contribution >= 0.6 is 11.3 Å². The summed E-state index contributed by atoms with van der Waals surface area (Å²) in [6.45, 7) is 3.52. The molecule has 22 heavy (non-hydrogen) atoms. The van der Waals surface area contributed by atoms with E-state index < -0.39 is 0 Å². The Bertz CT molecular complexity index is 627. The largest absolute Gasteiger partial charge is 0.377 e. The summed E-state index contributed by atoms with van der Waals surface area (Å²) in [5.41, 5.74) is 1.87. The molecule has 2 aromatic rings. The van der Waals surface area contributed by atoms with E-state index >= 15 is 0 Å². The molecule has 1 aromatic heterocycles. The average Bonchev–Trinajstić information content (AvgIpc) is 3.21. The second-order valence-corrected chi connectivity index (χ2v) is 6.69. The van der Waals surface area contributed by atoms with Gasteiger partial charge in [-0.3, -0.25) is 4.90 Å². The Morgan fingerprint density at radius 3 is 2.86 bits per heavy atom. The third-order valence-electron chi connectivity index (χ3n) is 3.98. The Hall–Kier alpha value is -1.67. The smallest absolute Gasteiger partial charge is 0.0995 e. The fourth-order valence-corrected chi connectivity index (χ4v) is 3.64. The molecule has 0 N–H and O–H groups in total. The van der Waals surface area contributed by atoms with Crippen molar-refractivity contribution in [2.75, 3.05) is 13.2 Å². The molecule has 0 saturated carbocycles. The minimum absolute atomic E-state index is 0.328. The molecule has 1 saturated heterocycles. The fourth-order valence-electron chi connectivity index (χ4n) is 2.89. The van der Waals surface area contributed by atoms with Crippen molar-refractivity contribution in [3.05, 3.63) is 57.8 Å². The second-order valence-electron chi connectivity index (χ2n) is 5.65. The summed E-state index contributed by atoms with van der Waals surface area (Å²) in [5.74, 6) is 0. The number of hydrogen-bond donors (Lipinski definition) is 0. The number of nitrogens with zero attached hydrogens (tertiary/aromatic N) is 2. The molecule has 0 radical (unpaired) electrons. The molecule has 1 aliphatic rings. The lowest BCUT2D eigenvalue weighted by Crippen LogP contribution is -2.31. The van der Waals surface area contributed by atoms with Crippen molar-refractivity contribution < 1.29 is 4.74 Å². The topological polar surface area (TPSA) is 36.3 Å². The highest BCUT2D eigenvalue weighted by molar-refractivity contribution is 7.09. The minimum Gasteiger partial charge on any atom is -0.377 e. The summed E-state index contributed by atoms with van der Waals surface area (Å²) in [6, 6.07) is 14.4. The number of ether oxygens (including phenoxy) is 1. The van der Waals surface area contributed by atoms with Gasteiger partial charge in [0.2, 0.25) is 0 Å². The average molecular weight is 312 g/mol. The molecule has 0 bridgehead atoms. The first-order valence-electron chi connectivity index (χ1n) is 7.69. The van der Waals surface area contributed by atoms with E-state index in [0.29, 0.717) is 6.10 Å². The van der Waals surface area contributed by atoms with Crippen molar-refractivity contribution in [2.45, 2.75) is 32.0 Å². The Kier molecular flexibility index (Phi) is 5.23. The van der Waals surface area contributed by atoms with Gasteiger partial charge < -0.3 is 4.74 Å². The number of thiophene rings is 1. The Morgan fingerprint density at radius 2 is 2.14 bits per heavy atom. The van der Waals surface area contributed by atoms with Gasteiger partial charge in [0.25, 0.3) is 0 Å². The third kappa shape index (κ3) is 3.95. The maximum atomic E-state index is 9.28. The highest BCUT2D eigenvalue weighted by Gasteiger charge is 2.20. The van der Waals surface area contributed by atoms with Gasteiger partial charge in [-0.25, -0.2) is 0 Å². The van der Waals surface area contributed by atoms with Crippen LogP contribution in [0.5, 0.6) is 0 Å². The van der Waals surface area contributed by atoms with Crippen molar-refractivity contribution in [2.24, 2.45) is 0 Å². The molecule has 3 nitrogen and oxygen atoms in total. The number of nitriles is 1. The van der Waals surface area contributed by atoms with Crippen LogP contribution in [0, 0.1) is 11.3 Å². The van der Waals surface area contributed by atoms with Gasteiger partial charge in [0.15, 0.2) is 0 Å². The molecule has 1 aliphatic heterocycles. The quantitative estimate of drug-likeness (QED) is 0.814. The van der Waals surface area contributed by atoms with Gasteiger partial charge in [-0.2, -0.15) is 5.26 Å². The van der Waals surface area contributed by atoms with Crippen molar-refractivity contribution in [1.82, 2.24) is 4.90 Å². The molecule has 0 aliphatic carbocycles. The van der Waals surface area contributed by atoms with Gasteiger partial charge in [-0.15, -0.1) is 11.3 Å². The number of rotatable bonds is 6. The first-order valence-corrected chi connectivity index (χ1v) is 8.57. The molecule has 0 amide bonds. The number of benzene rings is 1. The minimum atomic E-state index is 0.328. The van der Waals surface area contributed by atoms with E-state index in [9.17, 15) is 5.26 Å². The van der Waals surface area contributed by atoms with Crippen molar-refractivity contribution >= 4 is 11.3 Å². The summed E-state index contributed by atoms with van der Waals surface area (Å²) >= 11 is 1.78. The van der Waals surface area contributed by atoms with Crippen LogP contribution in [0.4, 0.5) is 0 Å². The van der Waals surface area contributed by atoms with Crippen molar-refractivity contribution in [3.8, 4) is 6.07 Å². The standard InChI is InChI=1S/C18H20N2OS/c19-11-15-5-1-2-6-16(15)12-20(13-17-7-3-9-21-17)14-18-8-4-10-22-18/h1-2,4-6,8,10,17H,3,7,9,12-14H2. The van der Waals surface area contributed by atoms with Crippen LogP contribution in [-0.2, 0) is 17.8 Å². The number of hydrogen-bond acceptors (Lipinski definition) is 4. The van der Waals surface area contributed by atoms with E-state index in [1.165, 1.54) is 4.88 Å². The summed E-state index contributed by atoms with van der Waals surface area (Å²) in [5, 5.41) is 11.4. The Morgan fingerprint density at radius 1 is 1.23 bits per heavy atom. The van der Waals surface area contributed by atoms with Crippen molar-refractivity contribution in [1.29, 1.82) is 5.26 Å². The first kappa shape index (κ1) is 15.2. The van der Waals surface area contributed by atoms with Gasteiger partial charge >= 0.3 is 0 Å². The van der Waals surface area contributed by atoms with Crippen LogP contribution in [-0.4, -0.2) is 24.2 Å². The molecule has 2 heterocycles. The molecule has 4 heteroatoms. The van der Waals surface area contributed by atoms with Gasteiger partial charge in [-0.05, 0) is 35.9 Å². The molecule has 114 valence electrons. The summed E-state index contributed by atoms with van der Waals surface area (Å²) in [4.78, 5) is 3.75. The Labute approximate surface area is 135 Å². The van der Waals surface area contributed by atoms with Crippen LogP contribution in [0.2, 0.25) is 0 Å². The summed E-state index contributed by atoms with van der Waals surface area (Å²) < 4.78 is 5.79. The van der Waals surface area contributed by atoms with Crippen LogP contribution < -0.4 is 0 Å². The van der Waals surface area contributed by atoms with Crippen molar-refractivity contribution in [3.63, 3.8) is 0 Å². The zero-order valence-corrected chi connectivity index (χ0v) is 13.4. The summed E-state index contributed by atoms with van der Waals surface area (Å²) in [7, 11) is 0. The van der Waals surface area contributed by atoms with Crippen LogP contribution in [0.15, 0.2) is 41.8 Å². The zero-order valence-electron chi connectivity index (χ0n) is 12.6. The van der Waals surface area contributed by atoms with E-state index in [4.69, 9.17) is 4.74 Å². The van der Waals surface area contributed by atoms with Gasteiger partial charge in [0.1, 0.15) is 0 Å². The highest BCUT2D eigenvalue weighted by atomic mass is 32.1. The molecule has 1 fully saturated rings. The third-order valence-corrected chi connectivity index (χ3v) is 4.84. The molecule has 1 unspecified atom stereocenters. The van der Waals surface area contributed by atoms with E-state index in [2.05, 4.69) is 34.5 Å². The lowest BCUT2D eigenvalue weighted by Gasteiger charge is -2.25. The second kappa shape index (κ2) is 7.55. The Balaban J connectivity index is 1.73. The zero-order chi connectivity index (χ0) is 15.2. The predicted octanol–water partition coefficient (Wildman–Crippen LogP) is 3.80. The van der Waals surface area contributed by atoms with E-state index in [1.54, 1.807) is 11.3 Å². The van der Waals surface area contributed by atoms with Crippen LogP contribution in [0.3, 0.4) is 0 Å². The molecule has 0 spiro atoms. The fraction of sp³-hybridized carbons (Fsp3) is 0.389. The van der Waals surface area contributed by atoms with E-state index in [0.717, 1.165) is 50.2 Å². The van der Waals surface area contributed by atoms with E-state index in [-0.39, 0.29) is 0 Å². The lowest BCUT2D eigenvalue weighted by atomic mass is 10.1. The first-order chi connectivity index (χ1) is 10.8. The maximum absolute atomic E-state index is 9.28.